The SMILES string of the molecule is COC(=O)C(NC(=O)CC1(CNC(=O)OC(C)(C)C)CCCCC1)C(C)(C)CC(C)CNC(=O)C(C)(C)CC(C)(C)C(C)(C)C=CCC(C)(C)C. The largest absolute Gasteiger partial charge is 0.467 e. The minimum Gasteiger partial charge on any atom is -0.467 e. The van der Waals surface area contributed by atoms with Crippen molar-refractivity contribution in [3.63, 3.8) is 0 Å². The zero-order chi connectivity index (χ0) is 39.7. The first-order valence-electron chi connectivity index (χ1n) is 19.3. The Labute approximate surface area is 312 Å². The van der Waals surface area contributed by atoms with Gasteiger partial charge in [-0.05, 0) is 85.9 Å². The minimum absolute atomic E-state index is 0.00490. The van der Waals surface area contributed by atoms with E-state index in [0.29, 0.717) is 25.9 Å². The van der Waals surface area contributed by atoms with Crippen molar-refractivity contribution in [2.45, 2.75) is 173 Å². The van der Waals surface area contributed by atoms with Gasteiger partial charge in [0.15, 0.2) is 0 Å². The van der Waals surface area contributed by atoms with Gasteiger partial charge in [0.1, 0.15) is 11.6 Å². The van der Waals surface area contributed by atoms with Crippen LogP contribution in [-0.4, -0.2) is 55.7 Å². The van der Waals surface area contributed by atoms with Gasteiger partial charge in [-0.25, -0.2) is 9.59 Å². The first kappa shape index (κ1) is 46.4. The lowest BCUT2D eigenvalue weighted by atomic mass is 9.61. The minimum atomic E-state index is -0.876. The van der Waals surface area contributed by atoms with Gasteiger partial charge in [0.25, 0.3) is 0 Å². The number of allylic oxidation sites excluding steroid dienone is 2. The van der Waals surface area contributed by atoms with Gasteiger partial charge >= 0.3 is 12.1 Å². The first-order chi connectivity index (χ1) is 23.0. The van der Waals surface area contributed by atoms with Crippen LogP contribution in [0.25, 0.3) is 0 Å². The number of rotatable bonds is 17. The summed E-state index contributed by atoms with van der Waals surface area (Å²) in [7, 11) is 1.33. The van der Waals surface area contributed by atoms with Crippen molar-refractivity contribution in [1.29, 1.82) is 0 Å². The van der Waals surface area contributed by atoms with Crippen LogP contribution in [0.4, 0.5) is 4.79 Å². The van der Waals surface area contributed by atoms with E-state index in [-0.39, 0.29) is 40.4 Å². The number of carbonyl (C=O) groups excluding carboxylic acids is 4. The summed E-state index contributed by atoms with van der Waals surface area (Å²) in [6, 6.07) is -0.876. The fourth-order valence-corrected chi connectivity index (χ4v) is 7.48. The first-order valence-corrected chi connectivity index (χ1v) is 19.3. The quantitative estimate of drug-likeness (QED) is 0.102. The van der Waals surface area contributed by atoms with Gasteiger partial charge in [-0.15, -0.1) is 0 Å². The third kappa shape index (κ3) is 15.9. The average Bonchev–Trinajstić information content (AvgIpc) is 2.95. The standard InChI is InChI=1S/C42H77N3O6/c1-30(27-43-34(48)39(10,11)28-41(14,15)40(12,13)22-20-21-36(2,3)4)25-38(8,9)32(33(47)50-16)45-31(46)26-42(23-18-17-19-24-42)29-44-35(49)51-37(5,6)7/h20,22,30,32H,17-19,21,23-29H2,1-16H3,(H,43,48)(H,44,49)(H,45,46). The Balaban J connectivity index is 2.95. The molecule has 0 spiro atoms. The van der Waals surface area contributed by atoms with E-state index in [9.17, 15) is 19.2 Å². The number of carbonyl (C=O) groups is 4. The third-order valence-electron chi connectivity index (χ3n) is 11.0. The van der Waals surface area contributed by atoms with E-state index in [4.69, 9.17) is 9.47 Å². The molecule has 1 fully saturated rings. The summed E-state index contributed by atoms with van der Waals surface area (Å²) in [5.74, 6) is -0.717. The molecule has 51 heavy (non-hydrogen) atoms. The van der Waals surface area contributed by atoms with Gasteiger partial charge in [0.05, 0.1) is 7.11 Å². The van der Waals surface area contributed by atoms with Gasteiger partial charge in [0, 0.05) is 24.9 Å². The van der Waals surface area contributed by atoms with E-state index in [2.05, 4.69) is 83.5 Å². The Morgan fingerprint density at radius 3 is 1.90 bits per heavy atom. The lowest BCUT2D eigenvalue weighted by molar-refractivity contribution is -0.149. The van der Waals surface area contributed by atoms with Crippen molar-refractivity contribution in [3.8, 4) is 0 Å². The number of nitrogens with one attached hydrogen (secondary N) is 3. The summed E-state index contributed by atoms with van der Waals surface area (Å²) in [5, 5.41) is 9.10. The molecule has 0 aromatic heterocycles. The predicted octanol–water partition coefficient (Wildman–Crippen LogP) is 9.14. The highest BCUT2D eigenvalue weighted by Gasteiger charge is 2.43. The molecule has 1 rings (SSSR count). The number of hydrogen-bond donors (Lipinski definition) is 3. The van der Waals surface area contributed by atoms with Crippen LogP contribution in [-0.2, 0) is 23.9 Å². The van der Waals surface area contributed by atoms with Gasteiger partial charge in [-0.2, -0.15) is 0 Å². The van der Waals surface area contributed by atoms with Crippen molar-refractivity contribution >= 4 is 23.9 Å². The molecule has 0 radical (unpaired) electrons. The van der Waals surface area contributed by atoms with Crippen LogP contribution in [0.5, 0.6) is 0 Å². The van der Waals surface area contributed by atoms with Crippen LogP contribution in [0.2, 0.25) is 0 Å². The van der Waals surface area contributed by atoms with Crippen LogP contribution in [0.3, 0.4) is 0 Å². The third-order valence-corrected chi connectivity index (χ3v) is 11.0. The molecule has 3 N–H and O–H groups in total. The second kappa shape index (κ2) is 18.0. The highest BCUT2D eigenvalue weighted by atomic mass is 16.6. The van der Waals surface area contributed by atoms with Crippen LogP contribution in [0, 0.1) is 38.4 Å². The van der Waals surface area contributed by atoms with Gasteiger partial charge in [0.2, 0.25) is 11.8 Å². The van der Waals surface area contributed by atoms with E-state index in [0.717, 1.165) is 38.5 Å². The molecular weight excluding hydrogens is 642 g/mol. The predicted molar refractivity (Wildman–Crippen MR) is 208 cm³/mol. The van der Waals surface area contributed by atoms with E-state index in [1.807, 2.05) is 48.5 Å². The van der Waals surface area contributed by atoms with E-state index >= 15 is 0 Å². The van der Waals surface area contributed by atoms with Crippen molar-refractivity contribution < 1.29 is 28.7 Å². The summed E-state index contributed by atoms with van der Waals surface area (Å²) in [6.45, 7) is 31.9. The van der Waals surface area contributed by atoms with Crippen LogP contribution >= 0.6 is 0 Å². The van der Waals surface area contributed by atoms with Crippen molar-refractivity contribution in [3.05, 3.63) is 12.2 Å². The highest BCUT2D eigenvalue weighted by Crippen LogP contribution is 2.48. The lowest BCUT2D eigenvalue weighted by Crippen LogP contribution is -2.53. The van der Waals surface area contributed by atoms with Gasteiger partial charge < -0.3 is 25.4 Å². The Bertz CT molecular complexity index is 1200. The van der Waals surface area contributed by atoms with Crippen LogP contribution in [0.1, 0.15) is 162 Å². The Morgan fingerprint density at radius 2 is 1.39 bits per heavy atom. The highest BCUT2D eigenvalue weighted by molar-refractivity contribution is 5.85. The Hall–Kier alpha value is -2.58. The number of hydrogen-bond acceptors (Lipinski definition) is 6. The molecule has 0 heterocycles. The second-order valence-corrected chi connectivity index (χ2v) is 20.5. The molecule has 9 heteroatoms. The molecule has 0 bridgehead atoms. The number of ether oxygens (including phenoxy) is 2. The fourth-order valence-electron chi connectivity index (χ4n) is 7.48. The van der Waals surface area contributed by atoms with Crippen molar-refractivity contribution in [1.82, 2.24) is 16.0 Å². The van der Waals surface area contributed by atoms with Crippen molar-refractivity contribution in [2.75, 3.05) is 20.2 Å². The molecule has 0 aromatic carbocycles. The number of amides is 3. The topological polar surface area (TPSA) is 123 Å². The Morgan fingerprint density at radius 1 is 0.824 bits per heavy atom. The Kier molecular flexibility index (Phi) is 16.4. The molecule has 2 atom stereocenters. The monoisotopic (exact) mass is 720 g/mol. The summed E-state index contributed by atoms with van der Waals surface area (Å²) < 4.78 is 10.6. The molecule has 1 saturated carbocycles. The molecule has 296 valence electrons. The average molecular weight is 720 g/mol. The van der Waals surface area contributed by atoms with Gasteiger partial charge in [-0.1, -0.05) is 114 Å². The van der Waals surface area contributed by atoms with Crippen molar-refractivity contribution in [2.24, 2.45) is 38.4 Å². The molecule has 2 unspecified atom stereocenters. The second-order valence-electron chi connectivity index (χ2n) is 20.5. The molecule has 0 aromatic rings. The normalized spacial score (nSPS) is 17.3. The maximum Gasteiger partial charge on any atom is 0.407 e. The summed E-state index contributed by atoms with van der Waals surface area (Å²) >= 11 is 0. The maximum atomic E-state index is 13.6. The van der Waals surface area contributed by atoms with E-state index in [1.165, 1.54) is 7.11 Å². The molecule has 3 amide bonds. The fraction of sp³-hybridized carbons (Fsp3) is 0.857. The van der Waals surface area contributed by atoms with Crippen LogP contribution < -0.4 is 16.0 Å². The zero-order valence-corrected chi connectivity index (χ0v) is 35.5. The summed E-state index contributed by atoms with van der Waals surface area (Å²) in [4.78, 5) is 52.8. The molecule has 1 aliphatic rings. The smallest absolute Gasteiger partial charge is 0.407 e. The van der Waals surface area contributed by atoms with E-state index < -0.39 is 40.0 Å². The molecule has 0 aliphatic heterocycles. The summed E-state index contributed by atoms with van der Waals surface area (Å²) in [5.41, 5.74) is -2.31. The van der Waals surface area contributed by atoms with Gasteiger partial charge in [-0.3, -0.25) is 9.59 Å². The molecule has 1 aliphatic carbocycles. The number of alkyl carbamates (subject to hydrolysis) is 1. The molecule has 9 nitrogen and oxygen atoms in total. The van der Waals surface area contributed by atoms with E-state index in [1.54, 1.807) is 0 Å². The molecular formula is C42H77N3O6. The number of esters is 1. The maximum absolute atomic E-state index is 13.6. The van der Waals surface area contributed by atoms with Crippen LogP contribution in [0.15, 0.2) is 12.2 Å². The molecule has 0 saturated heterocycles. The number of methoxy groups -OCH3 is 1. The lowest BCUT2D eigenvalue weighted by Gasteiger charge is -2.44. The zero-order valence-electron chi connectivity index (χ0n) is 35.5. The summed E-state index contributed by atoms with van der Waals surface area (Å²) in [6.07, 6.45) is 11.2.